The van der Waals surface area contributed by atoms with E-state index in [1.165, 1.54) is 28.3 Å². The number of pyridine rings is 1. The molecular weight excluding hydrogens is 405 g/mol. The number of fused-ring (bicyclic) bond motifs is 3. The third kappa shape index (κ3) is 4.24. The van der Waals surface area contributed by atoms with Crippen LogP contribution < -0.4 is 0 Å². The van der Waals surface area contributed by atoms with E-state index in [4.69, 9.17) is 5.53 Å². The Hall–Kier alpha value is -3.03. The van der Waals surface area contributed by atoms with Crippen molar-refractivity contribution in [2.24, 2.45) is 5.11 Å². The van der Waals surface area contributed by atoms with Crippen molar-refractivity contribution in [2.45, 2.75) is 38.5 Å². The topological polar surface area (TPSA) is 69.8 Å². The van der Waals surface area contributed by atoms with Crippen LogP contribution in [0, 0.1) is 6.92 Å². The van der Waals surface area contributed by atoms with Gasteiger partial charge >= 0.3 is 6.18 Å². The number of likely N-dealkylation sites (N-methyl/N-ethyl adjacent to an activating group) is 1. The Kier molecular flexibility index (Phi) is 5.64. The number of alkyl halides is 3. The van der Waals surface area contributed by atoms with Gasteiger partial charge in [0.25, 0.3) is 0 Å². The molecule has 0 fully saturated rings. The molecule has 0 N–H and O–H groups in total. The molecule has 0 bridgehead atoms. The van der Waals surface area contributed by atoms with Gasteiger partial charge in [0.2, 0.25) is 0 Å². The molecule has 9 heteroatoms. The minimum atomic E-state index is -4.51. The van der Waals surface area contributed by atoms with Gasteiger partial charge in [0.15, 0.2) is 0 Å². The second-order valence-corrected chi connectivity index (χ2v) is 8.05. The highest BCUT2D eigenvalue weighted by Gasteiger charge is 2.32. The fourth-order valence-corrected chi connectivity index (χ4v) is 4.29. The number of rotatable bonds is 4. The fraction of sp³-hybridized carbons (Fsp3) is 0.409. The van der Waals surface area contributed by atoms with Gasteiger partial charge < -0.3 is 9.47 Å². The first-order valence-electron chi connectivity index (χ1n) is 10.1. The van der Waals surface area contributed by atoms with Crippen LogP contribution in [-0.4, -0.2) is 34.6 Å². The van der Waals surface area contributed by atoms with E-state index in [-0.39, 0.29) is 0 Å². The lowest BCUT2D eigenvalue weighted by atomic mass is 10.1. The first kappa shape index (κ1) is 21.2. The van der Waals surface area contributed by atoms with Crippen molar-refractivity contribution < 1.29 is 13.2 Å². The summed E-state index contributed by atoms with van der Waals surface area (Å²) < 4.78 is 40.8. The Morgan fingerprint density at radius 2 is 1.97 bits per heavy atom. The molecule has 0 amide bonds. The summed E-state index contributed by atoms with van der Waals surface area (Å²) >= 11 is 0. The van der Waals surface area contributed by atoms with Crippen molar-refractivity contribution in [3.8, 4) is 0 Å². The van der Waals surface area contributed by atoms with Crippen LogP contribution in [0.2, 0.25) is 0 Å². The molecule has 162 valence electrons. The predicted molar refractivity (Wildman–Crippen MR) is 113 cm³/mol. The third-order valence-electron chi connectivity index (χ3n) is 5.92. The van der Waals surface area contributed by atoms with Crippen LogP contribution in [-0.2, 0) is 25.6 Å². The zero-order chi connectivity index (χ0) is 22.2. The zero-order valence-electron chi connectivity index (χ0n) is 17.4. The maximum atomic E-state index is 12.9. The van der Waals surface area contributed by atoms with Gasteiger partial charge in [-0.05, 0) is 55.2 Å². The van der Waals surface area contributed by atoms with Crippen LogP contribution in [0.4, 0.5) is 13.2 Å². The van der Waals surface area contributed by atoms with Gasteiger partial charge in [-0.15, -0.1) is 0 Å². The number of azide groups is 1. The summed E-state index contributed by atoms with van der Waals surface area (Å²) in [6.45, 7) is 4.28. The molecule has 1 aliphatic rings. The average molecular weight is 428 g/mol. The average Bonchev–Trinajstić information content (AvgIpc) is 2.86. The molecule has 1 unspecified atom stereocenters. The summed E-state index contributed by atoms with van der Waals surface area (Å²) in [7, 11) is 2.10. The maximum Gasteiger partial charge on any atom is 0.433 e. The summed E-state index contributed by atoms with van der Waals surface area (Å²) in [4.78, 5) is 8.79. The van der Waals surface area contributed by atoms with Crippen LogP contribution in [0.1, 0.15) is 34.1 Å². The number of aryl methyl sites for hydroxylation is 1. The molecule has 1 atom stereocenters. The molecule has 0 radical (unpaired) electrons. The molecule has 0 saturated heterocycles. The first-order chi connectivity index (χ1) is 14.8. The predicted octanol–water partition coefficient (Wildman–Crippen LogP) is 5.45. The van der Waals surface area contributed by atoms with Crippen molar-refractivity contribution >= 4 is 10.9 Å². The molecule has 3 aromatic rings. The molecule has 1 aromatic carbocycles. The Balaban J connectivity index is 1.77. The summed E-state index contributed by atoms with van der Waals surface area (Å²) in [5.74, 6) is 0. The van der Waals surface area contributed by atoms with Crippen LogP contribution in [0.25, 0.3) is 21.3 Å². The minimum absolute atomic E-state index is 0.343. The second-order valence-electron chi connectivity index (χ2n) is 8.05. The lowest BCUT2D eigenvalue weighted by Crippen LogP contribution is -2.21. The molecular formula is C22H23F3N6. The zero-order valence-corrected chi connectivity index (χ0v) is 17.4. The van der Waals surface area contributed by atoms with Crippen molar-refractivity contribution in [2.75, 3.05) is 20.1 Å². The molecule has 3 heterocycles. The SMILES string of the molecule is Cc1ccc2c(c1)c1c(n2CC(N=[N+]=[N-])c2ccc(C(F)(F)F)nc2)CCN(C)CC1. The van der Waals surface area contributed by atoms with E-state index in [0.717, 1.165) is 43.7 Å². The van der Waals surface area contributed by atoms with Gasteiger partial charge in [-0.2, -0.15) is 13.2 Å². The molecule has 6 nitrogen and oxygen atoms in total. The Morgan fingerprint density at radius 1 is 1.19 bits per heavy atom. The Labute approximate surface area is 177 Å². The van der Waals surface area contributed by atoms with Crippen molar-refractivity contribution in [1.29, 1.82) is 0 Å². The maximum absolute atomic E-state index is 12.9. The quantitative estimate of drug-likeness (QED) is 0.315. The van der Waals surface area contributed by atoms with Crippen molar-refractivity contribution in [3.63, 3.8) is 0 Å². The molecule has 0 aliphatic carbocycles. The van der Waals surface area contributed by atoms with Gasteiger partial charge in [0.05, 0.1) is 6.04 Å². The monoisotopic (exact) mass is 428 g/mol. The van der Waals surface area contributed by atoms with Crippen LogP contribution in [0.15, 0.2) is 41.6 Å². The van der Waals surface area contributed by atoms with Gasteiger partial charge in [0, 0.05) is 53.8 Å². The van der Waals surface area contributed by atoms with E-state index in [9.17, 15) is 13.2 Å². The third-order valence-corrected chi connectivity index (χ3v) is 5.92. The molecule has 0 spiro atoms. The molecule has 2 aromatic heterocycles. The van der Waals surface area contributed by atoms with Crippen LogP contribution in [0.3, 0.4) is 0 Å². The van der Waals surface area contributed by atoms with Gasteiger partial charge in [-0.3, -0.25) is 4.98 Å². The van der Waals surface area contributed by atoms with E-state index in [0.29, 0.717) is 12.1 Å². The molecule has 4 rings (SSSR count). The molecule has 0 saturated carbocycles. The Morgan fingerprint density at radius 3 is 2.65 bits per heavy atom. The highest BCUT2D eigenvalue weighted by Crippen LogP contribution is 2.33. The largest absolute Gasteiger partial charge is 0.433 e. The van der Waals surface area contributed by atoms with Crippen LogP contribution >= 0.6 is 0 Å². The van der Waals surface area contributed by atoms with E-state index in [1.54, 1.807) is 0 Å². The first-order valence-corrected chi connectivity index (χ1v) is 10.1. The standard InChI is InChI=1S/C22H23F3N6/c1-14-3-5-19-17(11-14)16-7-9-30(2)10-8-20(16)31(19)13-18(28-29-26)15-4-6-21(27-12-15)22(23,24)25/h3-6,11-12,18H,7-10,13H2,1-2H3. The lowest BCUT2D eigenvalue weighted by Gasteiger charge is -2.18. The Bertz CT molecular complexity index is 1140. The van der Waals surface area contributed by atoms with E-state index >= 15 is 0 Å². The van der Waals surface area contributed by atoms with Gasteiger partial charge in [-0.25, -0.2) is 0 Å². The van der Waals surface area contributed by atoms with E-state index in [1.807, 2.05) is 6.07 Å². The number of hydrogen-bond donors (Lipinski definition) is 0. The summed E-state index contributed by atoms with van der Waals surface area (Å²) in [5.41, 5.74) is 13.3. The summed E-state index contributed by atoms with van der Waals surface area (Å²) in [6.07, 6.45) is -1.57. The van der Waals surface area contributed by atoms with Crippen molar-refractivity contribution in [1.82, 2.24) is 14.5 Å². The number of nitrogens with zero attached hydrogens (tertiary/aromatic N) is 6. The lowest BCUT2D eigenvalue weighted by molar-refractivity contribution is -0.141. The highest BCUT2D eigenvalue weighted by atomic mass is 19.4. The van der Waals surface area contributed by atoms with Gasteiger partial charge in [-0.1, -0.05) is 22.8 Å². The number of hydrogen-bond acceptors (Lipinski definition) is 3. The summed E-state index contributed by atoms with van der Waals surface area (Å²) in [6, 6.07) is 7.91. The van der Waals surface area contributed by atoms with Crippen molar-refractivity contribution in [3.05, 3.63) is 75.0 Å². The molecule has 31 heavy (non-hydrogen) atoms. The summed E-state index contributed by atoms with van der Waals surface area (Å²) in [5, 5.41) is 5.09. The van der Waals surface area contributed by atoms with Crippen LogP contribution in [0.5, 0.6) is 0 Å². The number of halogens is 3. The number of aromatic nitrogens is 2. The second kappa shape index (κ2) is 8.24. The minimum Gasteiger partial charge on any atom is -0.344 e. The highest BCUT2D eigenvalue weighted by molar-refractivity contribution is 5.86. The smallest absolute Gasteiger partial charge is 0.344 e. The van der Waals surface area contributed by atoms with Gasteiger partial charge in [0.1, 0.15) is 5.69 Å². The fourth-order valence-electron chi connectivity index (χ4n) is 4.29. The normalized spacial score (nSPS) is 15.9. The van der Waals surface area contributed by atoms with E-state index < -0.39 is 17.9 Å². The molecule has 1 aliphatic heterocycles. The van der Waals surface area contributed by atoms with E-state index in [2.05, 4.69) is 50.6 Å². The number of benzene rings is 1.